The molecule has 0 heterocycles. The zero-order valence-electron chi connectivity index (χ0n) is 5.31. The number of nitrogens with two attached hydrogens (primary N) is 1. The van der Waals surface area contributed by atoms with E-state index in [0.717, 1.165) is 18.8 Å². The zero-order valence-corrected chi connectivity index (χ0v) is 6.13. The molecule has 0 fully saturated rings. The van der Waals surface area contributed by atoms with E-state index < -0.39 is 0 Å². The van der Waals surface area contributed by atoms with Crippen LogP contribution in [0.2, 0.25) is 0 Å². The highest BCUT2D eigenvalue weighted by Gasteiger charge is 1.82. The van der Waals surface area contributed by atoms with Crippen LogP contribution in [0, 0.1) is 0 Å². The first-order valence-corrected chi connectivity index (χ1v) is 3.99. The average Bonchev–Trinajstić information content (AvgIpc) is 1.81. The summed E-state index contributed by atoms with van der Waals surface area (Å²) in [6.45, 7) is 1.89. The van der Waals surface area contributed by atoms with Gasteiger partial charge in [0.15, 0.2) is 0 Å². The van der Waals surface area contributed by atoms with Crippen molar-refractivity contribution in [3.63, 3.8) is 0 Å². The van der Waals surface area contributed by atoms with Crippen LogP contribution in [-0.2, 0) is 0 Å². The molecule has 0 aliphatic heterocycles. The third kappa shape index (κ3) is 6.27. The van der Waals surface area contributed by atoms with Crippen LogP contribution in [0.1, 0.15) is 0 Å². The lowest BCUT2D eigenvalue weighted by molar-refractivity contribution is 0.871. The van der Waals surface area contributed by atoms with Gasteiger partial charge in [0.25, 0.3) is 0 Å². The van der Waals surface area contributed by atoms with E-state index in [2.05, 4.69) is 5.32 Å². The van der Waals surface area contributed by atoms with Crippen LogP contribution in [-0.4, -0.2) is 31.6 Å². The Morgan fingerprint density at radius 2 is 2.25 bits per heavy atom. The summed E-state index contributed by atoms with van der Waals surface area (Å²) in [5.74, 6) is 2.26. The molecule has 3 N–H and O–H groups in total. The van der Waals surface area contributed by atoms with Gasteiger partial charge in [0.2, 0.25) is 0 Å². The second kappa shape index (κ2) is 7.27. The van der Waals surface area contributed by atoms with Crippen LogP contribution in [0.4, 0.5) is 0 Å². The maximum atomic E-state index is 5.27. The maximum absolute atomic E-state index is 5.27. The monoisotopic (exact) mass is 134 g/mol. The Morgan fingerprint density at radius 3 is 2.75 bits per heavy atom. The molecule has 0 rings (SSSR count). The van der Waals surface area contributed by atoms with Crippen molar-refractivity contribution < 1.29 is 0 Å². The Kier molecular flexibility index (Phi) is 7.52. The van der Waals surface area contributed by atoms with Gasteiger partial charge in [-0.1, -0.05) is 0 Å². The summed E-state index contributed by atoms with van der Waals surface area (Å²) < 4.78 is 0. The Balaban J connectivity index is 2.53. The van der Waals surface area contributed by atoms with Gasteiger partial charge in [-0.15, -0.1) is 0 Å². The highest BCUT2D eigenvalue weighted by atomic mass is 32.2. The van der Waals surface area contributed by atoms with Gasteiger partial charge in [-0.25, -0.2) is 0 Å². The summed E-state index contributed by atoms with van der Waals surface area (Å²) in [6.07, 6.45) is 0. The number of rotatable bonds is 5. The topological polar surface area (TPSA) is 38.0 Å². The predicted molar refractivity (Wildman–Crippen MR) is 40.3 cm³/mol. The summed E-state index contributed by atoms with van der Waals surface area (Å²) in [5.41, 5.74) is 5.27. The first kappa shape index (κ1) is 8.27. The molecule has 0 amide bonds. The normalized spacial score (nSPS) is 9.75. The Bertz CT molecular complexity index is 35.4. The molecular weight excluding hydrogens is 120 g/mol. The van der Waals surface area contributed by atoms with Gasteiger partial charge >= 0.3 is 0 Å². The van der Waals surface area contributed by atoms with E-state index >= 15 is 0 Å². The lowest BCUT2D eigenvalue weighted by Gasteiger charge is -1.96. The van der Waals surface area contributed by atoms with Crippen LogP contribution in [0.25, 0.3) is 0 Å². The molecule has 8 heavy (non-hydrogen) atoms. The standard InChI is InChI=1S/C5H14N2S/c1-7-3-5-8-4-2-6/h7H,2-6H2,1H3. The third-order valence-corrected chi connectivity index (χ3v) is 1.78. The molecule has 0 aromatic carbocycles. The van der Waals surface area contributed by atoms with Gasteiger partial charge in [-0.05, 0) is 7.05 Å². The lowest BCUT2D eigenvalue weighted by Crippen LogP contribution is -2.11. The highest BCUT2D eigenvalue weighted by molar-refractivity contribution is 7.99. The zero-order chi connectivity index (χ0) is 6.24. The molecule has 0 saturated heterocycles. The van der Waals surface area contributed by atoms with Crippen LogP contribution < -0.4 is 11.1 Å². The summed E-state index contributed by atoms with van der Waals surface area (Å²) in [7, 11) is 1.96. The summed E-state index contributed by atoms with van der Waals surface area (Å²) in [6, 6.07) is 0. The SMILES string of the molecule is CNCCSCCN. The number of hydrogen-bond donors (Lipinski definition) is 2. The molecule has 3 heteroatoms. The molecule has 0 aliphatic rings. The van der Waals surface area contributed by atoms with Crippen molar-refractivity contribution in [2.24, 2.45) is 5.73 Å². The molecule has 0 saturated carbocycles. The maximum Gasteiger partial charge on any atom is 0.00584 e. The molecule has 0 spiro atoms. The van der Waals surface area contributed by atoms with E-state index in [4.69, 9.17) is 5.73 Å². The first-order chi connectivity index (χ1) is 3.91. The van der Waals surface area contributed by atoms with Crippen LogP contribution in [0.3, 0.4) is 0 Å². The molecule has 0 radical (unpaired) electrons. The van der Waals surface area contributed by atoms with Gasteiger partial charge < -0.3 is 11.1 Å². The van der Waals surface area contributed by atoms with Crippen molar-refractivity contribution in [3.8, 4) is 0 Å². The van der Waals surface area contributed by atoms with Crippen LogP contribution in [0.15, 0.2) is 0 Å². The number of hydrogen-bond acceptors (Lipinski definition) is 3. The van der Waals surface area contributed by atoms with E-state index in [0.29, 0.717) is 0 Å². The molecule has 0 aromatic heterocycles. The second-order valence-electron chi connectivity index (χ2n) is 1.50. The van der Waals surface area contributed by atoms with Crippen LogP contribution >= 0.6 is 11.8 Å². The van der Waals surface area contributed by atoms with Gasteiger partial charge in [0.05, 0.1) is 0 Å². The lowest BCUT2D eigenvalue weighted by atomic mass is 10.8. The number of thioether (sulfide) groups is 1. The Labute approximate surface area is 55.2 Å². The van der Waals surface area contributed by atoms with Crippen LogP contribution in [0.5, 0.6) is 0 Å². The fourth-order valence-electron chi connectivity index (χ4n) is 0.360. The Morgan fingerprint density at radius 1 is 1.50 bits per heavy atom. The van der Waals surface area contributed by atoms with E-state index in [-0.39, 0.29) is 0 Å². The molecule has 2 nitrogen and oxygen atoms in total. The smallest absolute Gasteiger partial charge is 0.00584 e. The molecule has 0 aromatic rings. The molecule has 0 aliphatic carbocycles. The fraction of sp³-hybridized carbons (Fsp3) is 1.00. The van der Waals surface area contributed by atoms with Crippen molar-refractivity contribution >= 4 is 11.8 Å². The first-order valence-electron chi connectivity index (χ1n) is 2.84. The van der Waals surface area contributed by atoms with Gasteiger partial charge in [-0.2, -0.15) is 11.8 Å². The summed E-state index contributed by atoms with van der Waals surface area (Å²) in [5, 5.41) is 3.06. The van der Waals surface area contributed by atoms with E-state index in [1.165, 1.54) is 5.75 Å². The quantitative estimate of drug-likeness (QED) is 0.516. The molecule has 0 atom stereocenters. The van der Waals surface area contributed by atoms with Gasteiger partial charge in [-0.3, -0.25) is 0 Å². The molecule has 50 valence electrons. The van der Waals surface area contributed by atoms with Crippen molar-refractivity contribution in [1.29, 1.82) is 0 Å². The highest BCUT2D eigenvalue weighted by Crippen LogP contribution is 1.93. The van der Waals surface area contributed by atoms with E-state index in [1.54, 1.807) is 0 Å². The van der Waals surface area contributed by atoms with Gasteiger partial charge in [0, 0.05) is 24.6 Å². The number of nitrogens with one attached hydrogen (secondary N) is 1. The summed E-state index contributed by atoms with van der Waals surface area (Å²) in [4.78, 5) is 0. The fourth-order valence-corrected chi connectivity index (χ4v) is 1.08. The van der Waals surface area contributed by atoms with E-state index in [9.17, 15) is 0 Å². The van der Waals surface area contributed by atoms with Crippen molar-refractivity contribution in [2.45, 2.75) is 0 Å². The molecular formula is C5H14N2S. The van der Waals surface area contributed by atoms with Gasteiger partial charge in [0.1, 0.15) is 0 Å². The van der Waals surface area contributed by atoms with Crippen molar-refractivity contribution in [2.75, 3.05) is 31.6 Å². The second-order valence-corrected chi connectivity index (χ2v) is 2.73. The molecule has 0 bridgehead atoms. The van der Waals surface area contributed by atoms with Crippen molar-refractivity contribution in [3.05, 3.63) is 0 Å². The van der Waals surface area contributed by atoms with Crippen molar-refractivity contribution in [1.82, 2.24) is 5.32 Å². The molecule has 0 unspecified atom stereocenters. The largest absolute Gasteiger partial charge is 0.330 e. The average molecular weight is 134 g/mol. The minimum atomic E-state index is 0.800. The third-order valence-electron chi connectivity index (χ3n) is 0.759. The Hall–Kier alpha value is 0.270. The minimum absolute atomic E-state index is 0.800. The predicted octanol–water partition coefficient (Wildman–Crippen LogP) is -0.102. The van der Waals surface area contributed by atoms with E-state index in [1.807, 2.05) is 18.8 Å². The minimum Gasteiger partial charge on any atom is -0.330 e. The summed E-state index contributed by atoms with van der Waals surface area (Å²) >= 11 is 1.89.